The van der Waals surface area contributed by atoms with Crippen LogP contribution in [0.4, 0.5) is 5.13 Å². The van der Waals surface area contributed by atoms with Crippen LogP contribution in [0.1, 0.15) is 49.5 Å². The molecular weight excluding hydrogens is 370 g/mol. The standard InChI is InChI=1S/C18H21N3O5S/c1-5-7-19-18-21-12(9-27-18)16(23)26-8-13(22)14-10(3)20-11(4)15(14)17(24)25-6-2/h5,9,20H,1,6-8H2,2-4H3,(H,19,21). The number of aryl methyl sites for hydroxylation is 2. The lowest BCUT2D eigenvalue weighted by Crippen LogP contribution is -2.18. The zero-order valence-corrected chi connectivity index (χ0v) is 16.2. The Bertz CT molecular complexity index is 868. The molecule has 0 radical (unpaired) electrons. The van der Waals surface area contributed by atoms with Gasteiger partial charge in [0, 0.05) is 23.3 Å². The lowest BCUT2D eigenvalue weighted by atomic mass is 10.1. The molecule has 0 aliphatic carbocycles. The Morgan fingerprint density at radius 1 is 1.22 bits per heavy atom. The molecule has 9 heteroatoms. The molecule has 2 aromatic heterocycles. The van der Waals surface area contributed by atoms with E-state index in [0.717, 1.165) is 0 Å². The molecule has 0 amide bonds. The van der Waals surface area contributed by atoms with Gasteiger partial charge in [0.05, 0.1) is 17.7 Å². The van der Waals surface area contributed by atoms with E-state index in [1.54, 1.807) is 26.8 Å². The lowest BCUT2D eigenvalue weighted by molar-refractivity contribution is 0.0467. The summed E-state index contributed by atoms with van der Waals surface area (Å²) in [7, 11) is 0. The summed E-state index contributed by atoms with van der Waals surface area (Å²) in [6, 6.07) is 0. The predicted molar refractivity (Wildman–Crippen MR) is 102 cm³/mol. The van der Waals surface area contributed by atoms with Crippen molar-refractivity contribution < 1.29 is 23.9 Å². The monoisotopic (exact) mass is 391 g/mol. The van der Waals surface area contributed by atoms with Gasteiger partial charge in [-0.2, -0.15) is 0 Å². The fourth-order valence-electron chi connectivity index (χ4n) is 2.47. The molecule has 0 fully saturated rings. The van der Waals surface area contributed by atoms with E-state index >= 15 is 0 Å². The molecule has 0 unspecified atom stereocenters. The first-order valence-electron chi connectivity index (χ1n) is 8.25. The van der Waals surface area contributed by atoms with Crippen LogP contribution in [-0.2, 0) is 9.47 Å². The molecule has 2 rings (SSSR count). The van der Waals surface area contributed by atoms with Crippen molar-refractivity contribution in [1.29, 1.82) is 0 Å². The number of aromatic nitrogens is 2. The number of hydrogen-bond donors (Lipinski definition) is 2. The number of ether oxygens (including phenoxy) is 2. The highest BCUT2D eigenvalue weighted by atomic mass is 32.1. The molecule has 0 aliphatic heterocycles. The van der Waals surface area contributed by atoms with E-state index in [2.05, 4.69) is 21.9 Å². The molecule has 0 bridgehead atoms. The second kappa shape index (κ2) is 9.13. The highest BCUT2D eigenvalue weighted by molar-refractivity contribution is 7.13. The minimum Gasteiger partial charge on any atom is -0.462 e. The zero-order valence-electron chi connectivity index (χ0n) is 15.4. The number of ketones is 1. The Balaban J connectivity index is 2.07. The summed E-state index contributed by atoms with van der Waals surface area (Å²) >= 11 is 1.24. The summed E-state index contributed by atoms with van der Waals surface area (Å²) in [5, 5.41) is 5.05. The van der Waals surface area contributed by atoms with Crippen molar-refractivity contribution in [2.45, 2.75) is 20.8 Å². The second-order valence-electron chi connectivity index (χ2n) is 5.55. The van der Waals surface area contributed by atoms with Crippen LogP contribution in [0.5, 0.6) is 0 Å². The number of carbonyl (C=O) groups is 3. The first kappa shape index (κ1) is 20.4. The Morgan fingerprint density at radius 3 is 2.59 bits per heavy atom. The van der Waals surface area contributed by atoms with E-state index in [9.17, 15) is 14.4 Å². The van der Waals surface area contributed by atoms with E-state index in [0.29, 0.717) is 23.1 Å². The summed E-state index contributed by atoms with van der Waals surface area (Å²) in [4.78, 5) is 43.8. The molecule has 0 saturated carbocycles. The number of Topliss-reactive ketones (excluding diaryl/α,β-unsaturated/α-hetero) is 1. The molecule has 2 N–H and O–H groups in total. The third-order valence-corrected chi connectivity index (χ3v) is 4.38. The van der Waals surface area contributed by atoms with E-state index < -0.39 is 24.3 Å². The number of rotatable bonds is 9. The Kier molecular flexibility index (Phi) is 6.89. The van der Waals surface area contributed by atoms with Gasteiger partial charge >= 0.3 is 11.9 Å². The summed E-state index contributed by atoms with van der Waals surface area (Å²) in [6.45, 7) is 8.82. The molecule has 0 aromatic carbocycles. The number of aromatic amines is 1. The molecule has 0 atom stereocenters. The summed E-state index contributed by atoms with van der Waals surface area (Å²) < 4.78 is 10.1. The fraction of sp³-hybridized carbons (Fsp3) is 0.333. The average molecular weight is 391 g/mol. The zero-order chi connectivity index (χ0) is 20.0. The third-order valence-electron chi connectivity index (χ3n) is 3.58. The van der Waals surface area contributed by atoms with Crippen LogP contribution in [0.2, 0.25) is 0 Å². The average Bonchev–Trinajstić information content (AvgIpc) is 3.21. The number of nitrogens with zero attached hydrogens (tertiary/aromatic N) is 1. The topological polar surface area (TPSA) is 110 Å². The Morgan fingerprint density at radius 2 is 1.93 bits per heavy atom. The predicted octanol–water partition coefficient (Wildman–Crippen LogP) is 2.90. The maximum atomic E-state index is 12.5. The Hall–Kier alpha value is -2.94. The van der Waals surface area contributed by atoms with E-state index in [4.69, 9.17) is 9.47 Å². The summed E-state index contributed by atoms with van der Waals surface area (Å²) in [5.41, 5.74) is 1.48. The van der Waals surface area contributed by atoms with Crippen molar-refractivity contribution in [3.8, 4) is 0 Å². The minimum absolute atomic E-state index is 0.104. The Labute approximate surface area is 160 Å². The van der Waals surface area contributed by atoms with Crippen LogP contribution < -0.4 is 5.32 Å². The minimum atomic E-state index is -0.714. The number of thiazole rings is 1. The quantitative estimate of drug-likeness (QED) is 0.384. The van der Waals surface area contributed by atoms with Crippen molar-refractivity contribution in [3.05, 3.63) is 46.2 Å². The molecule has 0 spiro atoms. The van der Waals surface area contributed by atoms with Crippen LogP contribution in [-0.4, -0.2) is 47.4 Å². The van der Waals surface area contributed by atoms with Crippen molar-refractivity contribution >= 4 is 34.2 Å². The molecule has 2 heterocycles. The van der Waals surface area contributed by atoms with Gasteiger partial charge in [0.15, 0.2) is 17.4 Å². The van der Waals surface area contributed by atoms with Crippen molar-refractivity contribution in [3.63, 3.8) is 0 Å². The second-order valence-corrected chi connectivity index (χ2v) is 6.41. The summed E-state index contributed by atoms with van der Waals surface area (Å²) in [6.07, 6.45) is 1.67. The number of hydrogen-bond acceptors (Lipinski definition) is 8. The van der Waals surface area contributed by atoms with E-state index in [-0.39, 0.29) is 23.4 Å². The normalized spacial score (nSPS) is 10.3. The van der Waals surface area contributed by atoms with Crippen LogP contribution in [0, 0.1) is 13.8 Å². The van der Waals surface area contributed by atoms with Gasteiger partial charge in [-0.25, -0.2) is 14.6 Å². The van der Waals surface area contributed by atoms with Gasteiger partial charge in [-0.1, -0.05) is 6.08 Å². The summed E-state index contributed by atoms with van der Waals surface area (Å²) in [5.74, 6) is -1.80. The third kappa shape index (κ3) is 4.82. The number of H-pyrrole nitrogens is 1. The van der Waals surface area contributed by atoms with E-state index in [1.807, 2.05) is 0 Å². The van der Waals surface area contributed by atoms with Gasteiger partial charge in [-0.15, -0.1) is 17.9 Å². The highest BCUT2D eigenvalue weighted by Gasteiger charge is 2.26. The molecule has 27 heavy (non-hydrogen) atoms. The van der Waals surface area contributed by atoms with Gasteiger partial charge in [0.2, 0.25) is 5.78 Å². The first-order chi connectivity index (χ1) is 12.9. The molecule has 8 nitrogen and oxygen atoms in total. The number of anilines is 1. The van der Waals surface area contributed by atoms with Crippen molar-refractivity contribution in [1.82, 2.24) is 9.97 Å². The van der Waals surface area contributed by atoms with Gasteiger partial charge in [0.25, 0.3) is 0 Å². The number of esters is 2. The maximum Gasteiger partial charge on any atom is 0.358 e. The molecule has 144 valence electrons. The number of nitrogens with one attached hydrogen (secondary N) is 2. The SMILES string of the molecule is C=CCNc1nc(C(=O)OCC(=O)c2c(C)[nH]c(C)c2C(=O)OCC)cs1. The molecule has 0 aliphatic rings. The van der Waals surface area contributed by atoms with Crippen LogP contribution in [0.3, 0.4) is 0 Å². The molecular formula is C18H21N3O5S. The van der Waals surface area contributed by atoms with Gasteiger partial charge < -0.3 is 19.8 Å². The van der Waals surface area contributed by atoms with Gasteiger partial charge in [-0.3, -0.25) is 4.79 Å². The maximum absolute atomic E-state index is 12.5. The number of carbonyl (C=O) groups excluding carboxylic acids is 3. The van der Waals surface area contributed by atoms with Gasteiger partial charge in [0.1, 0.15) is 0 Å². The first-order valence-corrected chi connectivity index (χ1v) is 9.13. The lowest BCUT2D eigenvalue weighted by Gasteiger charge is -2.06. The molecule has 0 saturated heterocycles. The van der Waals surface area contributed by atoms with Crippen molar-refractivity contribution in [2.75, 3.05) is 25.1 Å². The highest BCUT2D eigenvalue weighted by Crippen LogP contribution is 2.21. The van der Waals surface area contributed by atoms with Gasteiger partial charge in [-0.05, 0) is 20.8 Å². The molecule has 2 aromatic rings. The van der Waals surface area contributed by atoms with E-state index in [1.165, 1.54) is 16.7 Å². The van der Waals surface area contributed by atoms with Crippen molar-refractivity contribution in [2.24, 2.45) is 0 Å². The van der Waals surface area contributed by atoms with Crippen LogP contribution in [0.15, 0.2) is 18.0 Å². The smallest absolute Gasteiger partial charge is 0.358 e. The fourth-order valence-corrected chi connectivity index (χ4v) is 3.16. The van der Waals surface area contributed by atoms with Crippen LogP contribution in [0.25, 0.3) is 0 Å². The largest absolute Gasteiger partial charge is 0.462 e. The van der Waals surface area contributed by atoms with Crippen LogP contribution >= 0.6 is 11.3 Å².